The molecular formula is C21H17NO3. The van der Waals surface area contributed by atoms with Crippen molar-refractivity contribution in [2.75, 3.05) is 12.4 Å². The van der Waals surface area contributed by atoms with E-state index in [1.165, 1.54) is 23.6 Å². The zero-order valence-electron chi connectivity index (χ0n) is 13.8. The number of anilines is 1. The minimum Gasteiger partial charge on any atom is -0.465 e. The maximum absolute atomic E-state index is 12.7. The number of carbonyl (C=O) groups excluding carboxylic acids is 2. The minimum absolute atomic E-state index is 0.151. The molecule has 1 aliphatic carbocycles. The van der Waals surface area contributed by atoms with Crippen LogP contribution in [0.4, 0.5) is 5.69 Å². The molecule has 3 aromatic carbocycles. The molecule has 0 fully saturated rings. The third-order valence-corrected chi connectivity index (χ3v) is 4.69. The molecular weight excluding hydrogens is 314 g/mol. The second kappa shape index (κ2) is 6.06. The number of hydrogen-bond donors (Lipinski definition) is 1. The molecule has 0 bridgehead atoms. The van der Waals surface area contributed by atoms with Gasteiger partial charge in [-0.3, -0.25) is 4.79 Å². The number of methoxy groups -OCH3 is 1. The molecule has 3 aromatic rings. The molecule has 4 rings (SSSR count). The summed E-state index contributed by atoms with van der Waals surface area (Å²) in [7, 11) is 1.34. The fraction of sp³-hybridized carbons (Fsp3) is 0.143. The summed E-state index contributed by atoms with van der Waals surface area (Å²) in [6.07, 6.45) is 2.07. The number of esters is 1. The van der Waals surface area contributed by atoms with Crippen molar-refractivity contribution in [1.82, 2.24) is 0 Å². The summed E-state index contributed by atoms with van der Waals surface area (Å²) in [6, 6.07) is 16.8. The van der Waals surface area contributed by atoms with Gasteiger partial charge in [-0.05, 0) is 65.1 Å². The van der Waals surface area contributed by atoms with Crippen molar-refractivity contribution in [3.63, 3.8) is 0 Å². The van der Waals surface area contributed by atoms with Gasteiger partial charge in [0.2, 0.25) is 0 Å². The van der Waals surface area contributed by atoms with Crippen LogP contribution >= 0.6 is 0 Å². The van der Waals surface area contributed by atoms with E-state index in [0.29, 0.717) is 16.8 Å². The minimum atomic E-state index is -0.398. The van der Waals surface area contributed by atoms with Crippen molar-refractivity contribution >= 4 is 28.3 Å². The number of hydrogen-bond acceptors (Lipinski definition) is 3. The Hall–Kier alpha value is -3.14. The van der Waals surface area contributed by atoms with Gasteiger partial charge in [-0.25, -0.2) is 4.79 Å². The maximum Gasteiger partial charge on any atom is 0.337 e. The van der Waals surface area contributed by atoms with E-state index in [1.54, 1.807) is 24.3 Å². The van der Waals surface area contributed by atoms with Crippen molar-refractivity contribution in [1.29, 1.82) is 0 Å². The Morgan fingerprint density at radius 2 is 1.64 bits per heavy atom. The van der Waals surface area contributed by atoms with E-state index in [9.17, 15) is 9.59 Å². The van der Waals surface area contributed by atoms with Crippen LogP contribution in [-0.2, 0) is 17.6 Å². The molecule has 0 saturated carbocycles. The third-order valence-electron chi connectivity index (χ3n) is 4.69. The highest BCUT2D eigenvalue weighted by atomic mass is 16.5. The van der Waals surface area contributed by atoms with Crippen LogP contribution in [0.3, 0.4) is 0 Å². The number of carbonyl (C=O) groups is 2. The van der Waals surface area contributed by atoms with E-state index in [2.05, 4.69) is 16.1 Å². The monoisotopic (exact) mass is 331 g/mol. The standard InChI is InChI=1S/C21H17NO3/c1-25-21(24)15-7-10-16(11-8-15)22-20(23)18-12-9-14-6-5-13-3-2-4-17(18)19(13)14/h2-4,7-12H,5-6H2,1H3,(H,22,23). The Morgan fingerprint density at radius 3 is 2.36 bits per heavy atom. The van der Waals surface area contributed by atoms with Crippen LogP contribution in [0.5, 0.6) is 0 Å². The van der Waals surface area contributed by atoms with Gasteiger partial charge in [0.25, 0.3) is 5.91 Å². The first-order valence-corrected chi connectivity index (χ1v) is 8.20. The Bertz CT molecular complexity index is 980. The third kappa shape index (κ3) is 2.66. The molecule has 0 radical (unpaired) electrons. The Morgan fingerprint density at radius 1 is 0.920 bits per heavy atom. The summed E-state index contributed by atoms with van der Waals surface area (Å²) in [6.45, 7) is 0. The Kier molecular flexibility index (Phi) is 3.73. The smallest absolute Gasteiger partial charge is 0.337 e. The number of amides is 1. The molecule has 0 aliphatic heterocycles. The highest BCUT2D eigenvalue weighted by Crippen LogP contribution is 2.33. The second-order valence-corrected chi connectivity index (χ2v) is 6.13. The van der Waals surface area contributed by atoms with Gasteiger partial charge >= 0.3 is 5.97 Å². The summed E-state index contributed by atoms with van der Waals surface area (Å²) in [5, 5.41) is 5.12. The SMILES string of the molecule is COC(=O)c1ccc(NC(=O)c2ccc3c4c(cccc24)CC3)cc1. The number of aryl methyl sites for hydroxylation is 2. The molecule has 0 atom stereocenters. The first-order chi connectivity index (χ1) is 12.2. The van der Waals surface area contributed by atoms with Crippen LogP contribution in [0.2, 0.25) is 0 Å². The van der Waals surface area contributed by atoms with Gasteiger partial charge in [0.05, 0.1) is 12.7 Å². The summed E-state index contributed by atoms with van der Waals surface area (Å²) in [5.41, 5.74) is 4.38. The van der Waals surface area contributed by atoms with Crippen LogP contribution < -0.4 is 5.32 Å². The molecule has 1 N–H and O–H groups in total. The van der Waals surface area contributed by atoms with Gasteiger partial charge < -0.3 is 10.1 Å². The zero-order valence-corrected chi connectivity index (χ0v) is 13.8. The molecule has 25 heavy (non-hydrogen) atoms. The van der Waals surface area contributed by atoms with Crippen molar-refractivity contribution in [3.8, 4) is 0 Å². The molecule has 124 valence electrons. The predicted molar refractivity (Wildman–Crippen MR) is 97.1 cm³/mol. The largest absolute Gasteiger partial charge is 0.465 e. The lowest BCUT2D eigenvalue weighted by Gasteiger charge is -2.10. The summed E-state index contributed by atoms with van der Waals surface area (Å²) in [4.78, 5) is 24.2. The summed E-state index contributed by atoms with van der Waals surface area (Å²) >= 11 is 0. The van der Waals surface area contributed by atoms with Crippen molar-refractivity contribution in [2.45, 2.75) is 12.8 Å². The van der Waals surface area contributed by atoms with Gasteiger partial charge in [0.1, 0.15) is 0 Å². The maximum atomic E-state index is 12.7. The fourth-order valence-corrected chi connectivity index (χ4v) is 3.45. The summed E-state index contributed by atoms with van der Waals surface area (Å²) < 4.78 is 4.68. The number of nitrogens with one attached hydrogen (secondary N) is 1. The van der Waals surface area contributed by atoms with Gasteiger partial charge in [0.15, 0.2) is 0 Å². The van der Waals surface area contributed by atoms with E-state index in [4.69, 9.17) is 0 Å². The molecule has 4 nitrogen and oxygen atoms in total. The molecule has 0 heterocycles. The first kappa shape index (κ1) is 15.4. The van der Waals surface area contributed by atoms with Crippen LogP contribution in [0.25, 0.3) is 10.8 Å². The van der Waals surface area contributed by atoms with Crippen LogP contribution in [0.15, 0.2) is 54.6 Å². The van der Waals surface area contributed by atoms with Gasteiger partial charge in [-0.2, -0.15) is 0 Å². The molecule has 0 aromatic heterocycles. The van der Waals surface area contributed by atoms with Crippen molar-refractivity contribution in [2.24, 2.45) is 0 Å². The Labute approximate surface area is 145 Å². The molecule has 0 unspecified atom stereocenters. The van der Waals surface area contributed by atoms with E-state index in [0.717, 1.165) is 18.2 Å². The highest BCUT2D eigenvalue weighted by molar-refractivity contribution is 6.14. The van der Waals surface area contributed by atoms with E-state index >= 15 is 0 Å². The fourth-order valence-electron chi connectivity index (χ4n) is 3.45. The van der Waals surface area contributed by atoms with Crippen molar-refractivity contribution in [3.05, 3.63) is 76.9 Å². The molecule has 0 spiro atoms. The number of benzene rings is 3. The molecule has 0 saturated heterocycles. The average molecular weight is 331 g/mol. The molecule has 4 heteroatoms. The van der Waals surface area contributed by atoms with Gasteiger partial charge in [0, 0.05) is 11.3 Å². The van der Waals surface area contributed by atoms with Crippen molar-refractivity contribution < 1.29 is 14.3 Å². The first-order valence-electron chi connectivity index (χ1n) is 8.20. The van der Waals surface area contributed by atoms with Gasteiger partial charge in [-0.15, -0.1) is 0 Å². The average Bonchev–Trinajstić information content (AvgIpc) is 3.07. The van der Waals surface area contributed by atoms with Crippen LogP contribution in [0, 0.1) is 0 Å². The highest BCUT2D eigenvalue weighted by Gasteiger charge is 2.18. The quantitative estimate of drug-likeness (QED) is 0.739. The van der Waals surface area contributed by atoms with E-state index in [1.807, 2.05) is 24.3 Å². The lowest BCUT2D eigenvalue weighted by molar-refractivity contribution is 0.0600. The molecule has 1 aliphatic rings. The second-order valence-electron chi connectivity index (χ2n) is 6.13. The van der Waals surface area contributed by atoms with Gasteiger partial charge in [-0.1, -0.05) is 24.3 Å². The summed E-state index contributed by atoms with van der Waals surface area (Å²) in [5.74, 6) is -0.549. The van der Waals surface area contributed by atoms with E-state index < -0.39 is 5.97 Å². The normalized spacial score (nSPS) is 12.2. The van der Waals surface area contributed by atoms with Crippen LogP contribution in [-0.4, -0.2) is 19.0 Å². The zero-order chi connectivity index (χ0) is 17.4. The number of ether oxygens (including phenoxy) is 1. The topological polar surface area (TPSA) is 55.4 Å². The van der Waals surface area contributed by atoms with E-state index in [-0.39, 0.29) is 5.91 Å². The van der Waals surface area contributed by atoms with Crippen LogP contribution in [0.1, 0.15) is 31.8 Å². The Balaban J connectivity index is 1.64. The lowest BCUT2D eigenvalue weighted by Crippen LogP contribution is -2.12. The predicted octanol–water partition coefficient (Wildman–Crippen LogP) is 3.98. The number of rotatable bonds is 3. The molecule has 1 amide bonds. The lowest BCUT2D eigenvalue weighted by atomic mass is 9.99.